The van der Waals surface area contributed by atoms with Crippen LogP contribution in [-0.2, 0) is 6.54 Å². The van der Waals surface area contributed by atoms with E-state index in [1.165, 1.54) is 0 Å². The highest BCUT2D eigenvalue weighted by Gasteiger charge is 2.10. The van der Waals surface area contributed by atoms with Gasteiger partial charge in [0.1, 0.15) is 11.0 Å². The van der Waals surface area contributed by atoms with Gasteiger partial charge in [-0.25, -0.2) is 14.4 Å². The third-order valence-electron chi connectivity index (χ3n) is 1.89. The summed E-state index contributed by atoms with van der Waals surface area (Å²) in [4.78, 5) is 7.63. The number of imidazole rings is 1. The maximum absolute atomic E-state index is 13.1. The van der Waals surface area contributed by atoms with Gasteiger partial charge in [0.05, 0.1) is 12.5 Å². The van der Waals surface area contributed by atoms with Crippen LogP contribution in [0.15, 0.2) is 12.5 Å². The summed E-state index contributed by atoms with van der Waals surface area (Å²) in [5, 5.41) is 0.288. The molecule has 0 unspecified atom stereocenters. The molecule has 0 aliphatic rings. The maximum Gasteiger partial charge on any atom is 0.169 e. The van der Waals surface area contributed by atoms with Crippen LogP contribution in [0, 0.1) is 5.82 Å². The van der Waals surface area contributed by atoms with Crippen molar-refractivity contribution in [3.05, 3.63) is 23.5 Å². The van der Waals surface area contributed by atoms with Crippen LogP contribution in [0.4, 0.5) is 4.39 Å². The van der Waals surface area contributed by atoms with Crippen molar-refractivity contribution in [3.8, 4) is 0 Å². The Morgan fingerprint density at radius 1 is 1.54 bits per heavy atom. The number of pyridine rings is 1. The molecular weight excluding hydrogens is 193 g/mol. The number of hydrogen-bond donors (Lipinski definition) is 0. The van der Waals surface area contributed by atoms with E-state index in [0.29, 0.717) is 12.1 Å². The van der Waals surface area contributed by atoms with Crippen LogP contribution in [0.1, 0.15) is 6.92 Å². The zero-order valence-electron chi connectivity index (χ0n) is 6.96. The Morgan fingerprint density at radius 2 is 2.31 bits per heavy atom. The molecule has 0 saturated carbocycles. The Kier molecular flexibility index (Phi) is 1.92. The largest absolute Gasteiger partial charge is 0.328 e. The molecule has 0 atom stereocenters. The second-order valence-electron chi connectivity index (χ2n) is 2.62. The van der Waals surface area contributed by atoms with Gasteiger partial charge in [-0.3, -0.25) is 0 Å². The molecule has 2 aromatic rings. The molecule has 0 amide bonds. The monoisotopic (exact) mass is 199 g/mol. The minimum atomic E-state index is -0.438. The van der Waals surface area contributed by atoms with E-state index in [4.69, 9.17) is 11.6 Å². The molecule has 2 aromatic heterocycles. The average Bonchev–Trinajstić information content (AvgIpc) is 2.56. The molecule has 0 bridgehead atoms. The van der Waals surface area contributed by atoms with E-state index >= 15 is 0 Å². The van der Waals surface area contributed by atoms with Crippen molar-refractivity contribution in [1.29, 1.82) is 0 Å². The number of aryl methyl sites for hydroxylation is 1. The molecule has 2 rings (SSSR count). The first-order valence-electron chi connectivity index (χ1n) is 3.89. The van der Waals surface area contributed by atoms with Gasteiger partial charge >= 0.3 is 0 Å². The van der Waals surface area contributed by atoms with Crippen LogP contribution < -0.4 is 0 Å². The number of fused-ring (bicyclic) bond motifs is 1. The van der Waals surface area contributed by atoms with E-state index in [1.807, 2.05) is 6.92 Å². The fraction of sp³-hybridized carbons (Fsp3) is 0.250. The van der Waals surface area contributed by atoms with Crippen LogP contribution in [0.2, 0.25) is 5.15 Å². The number of rotatable bonds is 1. The third-order valence-corrected chi connectivity index (χ3v) is 2.17. The second kappa shape index (κ2) is 2.96. The van der Waals surface area contributed by atoms with Crippen LogP contribution in [-0.4, -0.2) is 14.5 Å². The first-order chi connectivity index (χ1) is 6.24. The first-order valence-corrected chi connectivity index (χ1v) is 4.26. The molecule has 68 valence electrons. The summed E-state index contributed by atoms with van der Waals surface area (Å²) in [6, 6.07) is 0. The molecule has 0 aromatic carbocycles. The number of nitrogens with zero attached hydrogens (tertiary/aromatic N) is 3. The lowest BCUT2D eigenvalue weighted by Gasteiger charge is -1.99. The van der Waals surface area contributed by atoms with Crippen LogP contribution in [0.25, 0.3) is 11.0 Å². The van der Waals surface area contributed by atoms with Crippen molar-refractivity contribution in [3.63, 3.8) is 0 Å². The molecule has 0 saturated heterocycles. The molecule has 2 heterocycles. The van der Waals surface area contributed by atoms with Crippen molar-refractivity contribution >= 4 is 22.6 Å². The normalized spacial score (nSPS) is 11.0. The summed E-state index contributed by atoms with van der Waals surface area (Å²) in [7, 11) is 0. The van der Waals surface area contributed by atoms with E-state index in [9.17, 15) is 4.39 Å². The van der Waals surface area contributed by atoms with Crippen LogP contribution in [0.3, 0.4) is 0 Å². The molecule has 13 heavy (non-hydrogen) atoms. The van der Waals surface area contributed by atoms with E-state index in [2.05, 4.69) is 9.97 Å². The molecule has 0 N–H and O–H groups in total. The van der Waals surface area contributed by atoms with E-state index < -0.39 is 5.82 Å². The summed E-state index contributed by atoms with van der Waals surface area (Å²) in [6.45, 7) is 2.63. The van der Waals surface area contributed by atoms with Gasteiger partial charge in [-0.1, -0.05) is 11.6 Å². The van der Waals surface area contributed by atoms with Crippen molar-refractivity contribution in [1.82, 2.24) is 14.5 Å². The fourth-order valence-electron chi connectivity index (χ4n) is 1.25. The number of aromatic nitrogens is 3. The Morgan fingerprint density at radius 3 is 3.00 bits per heavy atom. The second-order valence-corrected chi connectivity index (χ2v) is 2.98. The predicted octanol–water partition coefficient (Wildman–Crippen LogP) is 2.24. The van der Waals surface area contributed by atoms with Gasteiger partial charge in [0, 0.05) is 6.54 Å². The van der Waals surface area contributed by atoms with Gasteiger partial charge in [-0.2, -0.15) is 0 Å². The lowest BCUT2D eigenvalue weighted by atomic mass is 10.4. The summed E-state index contributed by atoms with van der Waals surface area (Å²) in [5.41, 5.74) is 0.839. The molecular formula is C8H7ClFN3. The summed E-state index contributed by atoms with van der Waals surface area (Å²) < 4.78 is 14.9. The summed E-state index contributed by atoms with van der Waals surface area (Å²) in [5.74, 6) is -0.438. The molecule has 3 nitrogen and oxygen atoms in total. The minimum Gasteiger partial charge on any atom is -0.328 e. The quantitative estimate of drug-likeness (QED) is 0.660. The van der Waals surface area contributed by atoms with Gasteiger partial charge in [0.2, 0.25) is 0 Å². The summed E-state index contributed by atoms with van der Waals surface area (Å²) >= 11 is 5.82. The fourth-order valence-corrected chi connectivity index (χ4v) is 1.50. The average molecular weight is 200 g/mol. The molecule has 0 spiro atoms. The molecule has 0 aliphatic heterocycles. The lowest BCUT2D eigenvalue weighted by molar-refractivity contribution is 0.631. The molecule has 5 heteroatoms. The maximum atomic E-state index is 13.1. The number of halogens is 2. The predicted molar refractivity (Wildman–Crippen MR) is 48.2 cm³/mol. The highest BCUT2D eigenvalue weighted by Crippen LogP contribution is 2.22. The standard InChI is InChI=1S/C8H7ClFN3/c1-2-13-4-12-6-5(10)3-11-8(9)7(6)13/h3-4H,2H2,1H3. The SMILES string of the molecule is CCn1cnc2c(F)cnc(Cl)c21. The minimum absolute atomic E-state index is 0.279. The van der Waals surface area contributed by atoms with Crippen molar-refractivity contribution < 1.29 is 4.39 Å². The van der Waals surface area contributed by atoms with Crippen LogP contribution >= 0.6 is 11.6 Å². The highest BCUT2D eigenvalue weighted by atomic mass is 35.5. The Balaban J connectivity index is 2.87. The summed E-state index contributed by atoms with van der Waals surface area (Å²) in [6.07, 6.45) is 2.64. The van der Waals surface area contributed by atoms with Gasteiger partial charge in [-0.15, -0.1) is 0 Å². The van der Waals surface area contributed by atoms with Gasteiger partial charge in [0.15, 0.2) is 11.0 Å². The highest BCUT2D eigenvalue weighted by molar-refractivity contribution is 6.33. The van der Waals surface area contributed by atoms with E-state index in [0.717, 1.165) is 6.20 Å². The zero-order chi connectivity index (χ0) is 9.42. The van der Waals surface area contributed by atoms with Gasteiger partial charge < -0.3 is 4.57 Å². The Labute approximate surface area is 79.2 Å². The number of hydrogen-bond acceptors (Lipinski definition) is 2. The van der Waals surface area contributed by atoms with E-state index in [-0.39, 0.29) is 10.7 Å². The zero-order valence-corrected chi connectivity index (χ0v) is 7.72. The molecule has 0 radical (unpaired) electrons. The molecule has 0 aliphatic carbocycles. The van der Waals surface area contributed by atoms with Crippen molar-refractivity contribution in [2.24, 2.45) is 0 Å². The van der Waals surface area contributed by atoms with E-state index in [1.54, 1.807) is 10.9 Å². The third kappa shape index (κ3) is 1.18. The van der Waals surface area contributed by atoms with Gasteiger partial charge in [0.25, 0.3) is 0 Å². The van der Waals surface area contributed by atoms with Crippen molar-refractivity contribution in [2.75, 3.05) is 0 Å². The smallest absolute Gasteiger partial charge is 0.169 e. The Bertz CT molecular complexity index is 452. The molecule has 0 fully saturated rings. The van der Waals surface area contributed by atoms with Gasteiger partial charge in [-0.05, 0) is 6.92 Å². The van der Waals surface area contributed by atoms with Crippen molar-refractivity contribution in [2.45, 2.75) is 13.5 Å². The lowest BCUT2D eigenvalue weighted by Crippen LogP contribution is -1.93. The van der Waals surface area contributed by atoms with Crippen LogP contribution in [0.5, 0.6) is 0 Å². The Hall–Kier alpha value is -1.16. The first kappa shape index (κ1) is 8.44. The topological polar surface area (TPSA) is 30.7 Å².